The highest BCUT2D eigenvalue weighted by molar-refractivity contribution is 8.14. The minimum absolute atomic E-state index is 0.0102. The number of hydrogen-bond donors (Lipinski definition) is 0. The molecule has 5 heterocycles. The Morgan fingerprint density at radius 2 is 1.96 bits per heavy atom. The first-order valence-electron chi connectivity index (χ1n) is 9.09. The number of nitrogens with zero attached hydrogens (tertiary/aromatic N) is 7. The van der Waals surface area contributed by atoms with E-state index >= 15 is 0 Å². The molecular weight excluding hydrogens is 358 g/mol. The molecule has 0 radical (unpaired) electrons. The lowest BCUT2D eigenvalue weighted by atomic mass is 9.96. The predicted molar refractivity (Wildman–Crippen MR) is 106 cm³/mol. The molecule has 3 aromatic heterocycles. The van der Waals surface area contributed by atoms with Crippen molar-refractivity contribution in [3.63, 3.8) is 0 Å². The van der Waals surface area contributed by atoms with Crippen LogP contribution in [0.5, 0.6) is 0 Å². The molecule has 1 saturated heterocycles. The van der Waals surface area contributed by atoms with Crippen molar-refractivity contribution in [3.8, 4) is 0 Å². The maximum atomic E-state index is 5.07. The molecule has 3 unspecified atom stereocenters. The molecule has 3 aromatic rings. The lowest BCUT2D eigenvalue weighted by Crippen LogP contribution is -2.29. The molecule has 0 aromatic carbocycles. The summed E-state index contributed by atoms with van der Waals surface area (Å²) in [6, 6.07) is 8.51. The van der Waals surface area contributed by atoms with Gasteiger partial charge in [-0.1, -0.05) is 24.8 Å². The van der Waals surface area contributed by atoms with E-state index in [0.717, 1.165) is 23.1 Å². The Kier molecular flexibility index (Phi) is 3.82. The summed E-state index contributed by atoms with van der Waals surface area (Å²) >= 11 is 1.86. The number of thioether (sulfide) groups is 1. The highest BCUT2D eigenvalue weighted by Crippen LogP contribution is 2.48. The van der Waals surface area contributed by atoms with E-state index in [-0.39, 0.29) is 12.1 Å². The second kappa shape index (κ2) is 6.23. The largest absolute Gasteiger partial charge is 0.341 e. The van der Waals surface area contributed by atoms with Crippen molar-refractivity contribution in [1.82, 2.24) is 29.4 Å². The van der Waals surface area contributed by atoms with Crippen LogP contribution in [0.3, 0.4) is 0 Å². The Bertz CT molecular complexity index is 993. The Morgan fingerprint density at radius 1 is 1.15 bits per heavy atom. The van der Waals surface area contributed by atoms with E-state index in [1.54, 1.807) is 12.7 Å². The molecule has 5 rings (SSSR count). The fraction of sp³-hybridized carbons (Fsp3) is 0.368. The molecule has 2 aliphatic heterocycles. The molecule has 7 nitrogen and oxygen atoms in total. The lowest BCUT2D eigenvalue weighted by Gasteiger charge is -2.27. The molecule has 0 N–H and O–H groups in total. The van der Waals surface area contributed by atoms with Gasteiger partial charge in [-0.25, -0.2) is 4.68 Å². The average Bonchev–Trinajstić information content (AvgIpc) is 3.40. The van der Waals surface area contributed by atoms with Gasteiger partial charge in [0.15, 0.2) is 5.17 Å². The topological polar surface area (TPSA) is 64.1 Å². The van der Waals surface area contributed by atoms with E-state index in [1.165, 1.54) is 11.3 Å². The average molecular weight is 379 g/mol. The summed E-state index contributed by atoms with van der Waals surface area (Å²) in [5, 5.41) is 9.61. The van der Waals surface area contributed by atoms with Gasteiger partial charge in [0.1, 0.15) is 18.7 Å². The van der Waals surface area contributed by atoms with Crippen LogP contribution in [0.25, 0.3) is 0 Å². The first kappa shape index (κ1) is 16.6. The van der Waals surface area contributed by atoms with Crippen LogP contribution in [0.1, 0.15) is 41.7 Å². The number of aliphatic imine (C=N–C) groups is 1. The van der Waals surface area contributed by atoms with Gasteiger partial charge >= 0.3 is 0 Å². The zero-order chi connectivity index (χ0) is 18.5. The van der Waals surface area contributed by atoms with Gasteiger partial charge < -0.3 is 4.90 Å². The smallest absolute Gasteiger partial charge is 0.160 e. The van der Waals surface area contributed by atoms with Crippen LogP contribution < -0.4 is 0 Å². The van der Waals surface area contributed by atoms with Gasteiger partial charge in [0, 0.05) is 34.9 Å². The summed E-state index contributed by atoms with van der Waals surface area (Å²) in [5.41, 5.74) is 4.63. The van der Waals surface area contributed by atoms with Crippen LogP contribution in [0.2, 0.25) is 0 Å². The number of pyridine rings is 1. The third-order valence-corrected chi connectivity index (χ3v) is 6.37. The number of aromatic nitrogens is 5. The third-order valence-electron chi connectivity index (χ3n) is 5.27. The molecule has 138 valence electrons. The summed E-state index contributed by atoms with van der Waals surface area (Å²) in [4.78, 5) is 12.1. The maximum absolute atomic E-state index is 5.07. The van der Waals surface area contributed by atoms with Crippen LogP contribution in [0.4, 0.5) is 0 Å². The van der Waals surface area contributed by atoms with E-state index in [9.17, 15) is 0 Å². The molecule has 2 aliphatic rings. The first-order chi connectivity index (χ1) is 13.1. The maximum Gasteiger partial charge on any atom is 0.160 e. The molecule has 0 bridgehead atoms. The summed E-state index contributed by atoms with van der Waals surface area (Å²) < 4.78 is 4.07. The molecule has 0 aliphatic carbocycles. The second-order valence-electron chi connectivity index (χ2n) is 7.12. The Balaban J connectivity index is 1.63. The van der Waals surface area contributed by atoms with Crippen molar-refractivity contribution in [1.29, 1.82) is 0 Å². The molecule has 3 atom stereocenters. The van der Waals surface area contributed by atoms with E-state index in [0.29, 0.717) is 5.25 Å². The predicted octanol–water partition coefficient (Wildman–Crippen LogP) is 2.99. The number of hydrogen-bond acceptors (Lipinski definition) is 6. The number of amidine groups is 1. The van der Waals surface area contributed by atoms with Gasteiger partial charge in [0.05, 0.1) is 11.7 Å². The third kappa shape index (κ3) is 2.58. The zero-order valence-electron chi connectivity index (χ0n) is 15.5. The highest BCUT2D eigenvalue weighted by Gasteiger charge is 2.44. The van der Waals surface area contributed by atoms with Gasteiger partial charge in [0.25, 0.3) is 0 Å². The molecule has 8 heteroatoms. The Hall–Kier alpha value is -2.61. The van der Waals surface area contributed by atoms with Crippen LogP contribution >= 0.6 is 11.8 Å². The van der Waals surface area contributed by atoms with Gasteiger partial charge in [-0.05, 0) is 32.0 Å². The van der Waals surface area contributed by atoms with E-state index in [1.807, 2.05) is 34.8 Å². The van der Waals surface area contributed by atoms with Gasteiger partial charge in [-0.2, -0.15) is 0 Å². The van der Waals surface area contributed by atoms with Crippen molar-refractivity contribution in [2.75, 3.05) is 6.54 Å². The molecule has 0 amide bonds. The van der Waals surface area contributed by atoms with Crippen LogP contribution in [0, 0.1) is 13.8 Å². The summed E-state index contributed by atoms with van der Waals surface area (Å²) in [5.74, 6) is 0. The van der Waals surface area contributed by atoms with E-state index in [2.05, 4.69) is 57.7 Å². The number of aryl methyl sites for hydroxylation is 1. The number of rotatable bonds is 3. The first-order valence-corrected chi connectivity index (χ1v) is 9.97. The Labute approximate surface area is 162 Å². The summed E-state index contributed by atoms with van der Waals surface area (Å²) in [7, 11) is 0. The van der Waals surface area contributed by atoms with Crippen molar-refractivity contribution >= 4 is 16.9 Å². The molecular formula is C19H21N7S. The fourth-order valence-corrected chi connectivity index (χ4v) is 5.28. The van der Waals surface area contributed by atoms with Gasteiger partial charge in [0.2, 0.25) is 0 Å². The lowest BCUT2D eigenvalue weighted by molar-refractivity contribution is 0.319. The molecule has 0 saturated carbocycles. The summed E-state index contributed by atoms with van der Waals surface area (Å²) in [6.07, 6.45) is 5.31. The SMILES string of the molecule is Cc1cc(C2C(c3ccccn3)N=C3SC(C)CN32)c(C)n1-n1cnnc1. The van der Waals surface area contributed by atoms with Crippen LogP contribution in [-0.4, -0.2) is 46.4 Å². The zero-order valence-corrected chi connectivity index (χ0v) is 16.3. The summed E-state index contributed by atoms with van der Waals surface area (Å²) in [6.45, 7) is 7.54. The van der Waals surface area contributed by atoms with Crippen molar-refractivity contribution < 1.29 is 0 Å². The van der Waals surface area contributed by atoms with Gasteiger partial charge in [-0.15, -0.1) is 10.2 Å². The van der Waals surface area contributed by atoms with Crippen molar-refractivity contribution in [2.45, 2.75) is 38.1 Å². The van der Waals surface area contributed by atoms with Crippen LogP contribution in [-0.2, 0) is 0 Å². The standard InChI is InChI=1S/C19H21N7S/c1-12-8-15(14(3)26(12)24-10-21-22-11-24)18-17(16-6-4-5-7-20-16)23-19-25(18)9-13(2)27-19/h4-8,10-11,13,17-18H,9H2,1-3H3. The minimum atomic E-state index is 0.0102. The number of fused-ring (bicyclic) bond motifs is 1. The molecule has 0 spiro atoms. The van der Waals surface area contributed by atoms with E-state index in [4.69, 9.17) is 4.99 Å². The van der Waals surface area contributed by atoms with Crippen molar-refractivity contribution in [2.24, 2.45) is 4.99 Å². The quantitative estimate of drug-likeness (QED) is 0.700. The molecule has 1 fully saturated rings. The highest BCUT2D eigenvalue weighted by atomic mass is 32.2. The monoisotopic (exact) mass is 379 g/mol. The van der Waals surface area contributed by atoms with Gasteiger partial charge in [-0.3, -0.25) is 14.7 Å². The second-order valence-corrected chi connectivity index (χ2v) is 8.52. The Morgan fingerprint density at radius 3 is 2.70 bits per heavy atom. The fourth-order valence-electron chi connectivity index (χ4n) is 4.18. The molecule has 27 heavy (non-hydrogen) atoms. The minimum Gasteiger partial charge on any atom is -0.341 e. The van der Waals surface area contributed by atoms with Crippen molar-refractivity contribution in [3.05, 3.63) is 65.8 Å². The van der Waals surface area contributed by atoms with Crippen LogP contribution in [0.15, 0.2) is 48.1 Å². The van der Waals surface area contributed by atoms with E-state index < -0.39 is 0 Å². The normalized spacial score (nSPS) is 24.3.